The van der Waals surface area contributed by atoms with Crippen molar-refractivity contribution < 1.29 is 0 Å². The molecule has 0 saturated heterocycles. The van der Waals surface area contributed by atoms with Gasteiger partial charge in [-0.3, -0.25) is 4.68 Å². The van der Waals surface area contributed by atoms with Gasteiger partial charge in [0.2, 0.25) is 0 Å². The van der Waals surface area contributed by atoms with Crippen LogP contribution in [0.1, 0.15) is 0 Å². The average Bonchev–Trinajstić information content (AvgIpc) is 2.55. The fourth-order valence-electron chi connectivity index (χ4n) is 0.974. The van der Waals surface area contributed by atoms with Crippen molar-refractivity contribution >= 4 is 24.8 Å². The van der Waals surface area contributed by atoms with E-state index >= 15 is 0 Å². The lowest BCUT2D eigenvalue weighted by Gasteiger charge is -1.86. The lowest BCUT2D eigenvalue weighted by molar-refractivity contribution is 0.768. The minimum atomic E-state index is 0. The lowest BCUT2D eigenvalue weighted by Crippen LogP contribution is -1.84. The summed E-state index contributed by atoms with van der Waals surface area (Å²) in [5.74, 6) is 0. The maximum atomic E-state index is 4.04. The topological polar surface area (TPSA) is 46.5 Å². The van der Waals surface area contributed by atoms with E-state index in [9.17, 15) is 0 Å². The second-order valence-corrected chi connectivity index (χ2v) is 2.37. The van der Waals surface area contributed by atoms with Crippen molar-refractivity contribution in [1.29, 1.82) is 0 Å². The first-order valence-corrected chi connectivity index (χ1v) is 3.33. The van der Waals surface area contributed by atoms with Gasteiger partial charge in [0, 0.05) is 18.8 Å². The van der Waals surface area contributed by atoms with Crippen LogP contribution in [-0.2, 0) is 7.05 Å². The first-order valence-electron chi connectivity index (χ1n) is 3.33. The molecule has 0 amide bonds. The molecule has 13 heavy (non-hydrogen) atoms. The molecule has 0 aromatic carbocycles. The molecule has 0 atom stereocenters. The van der Waals surface area contributed by atoms with Gasteiger partial charge in [-0.05, 0) is 0 Å². The van der Waals surface area contributed by atoms with Gasteiger partial charge in [0.25, 0.3) is 0 Å². The van der Waals surface area contributed by atoms with Crippen molar-refractivity contribution in [2.75, 3.05) is 0 Å². The number of aromatic nitrogens is 4. The van der Waals surface area contributed by atoms with Crippen molar-refractivity contribution in [2.24, 2.45) is 7.05 Å². The highest BCUT2D eigenvalue weighted by atomic mass is 35.5. The lowest BCUT2D eigenvalue weighted by atomic mass is 10.3. The number of H-pyrrole nitrogens is 1. The Morgan fingerprint density at radius 1 is 1.31 bits per heavy atom. The largest absolute Gasteiger partial charge is 0.345 e. The molecule has 0 bridgehead atoms. The number of aryl methyl sites for hydroxylation is 1. The van der Waals surface area contributed by atoms with Crippen molar-refractivity contribution in [3.63, 3.8) is 0 Å². The zero-order valence-corrected chi connectivity index (χ0v) is 8.60. The third-order valence-electron chi connectivity index (χ3n) is 1.51. The van der Waals surface area contributed by atoms with Crippen LogP contribution in [0.25, 0.3) is 11.3 Å². The molecule has 4 nitrogen and oxygen atoms in total. The van der Waals surface area contributed by atoms with Crippen LogP contribution in [0, 0.1) is 0 Å². The minimum absolute atomic E-state index is 0. The van der Waals surface area contributed by atoms with Crippen LogP contribution >= 0.6 is 24.8 Å². The molecule has 0 saturated carbocycles. The van der Waals surface area contributed by atoms with Crippen LogP contribution in [0.5, 0.6) is 0 Å². The number of imidazole rings is 1. The second-order valence-electron chi connectivity index (χ2n) is 2.37. The Labute approximate surface area is 88.2 Å². The molecule has 0 aliphatic rings. The highest BCUT2D eigenvalue weighted by Gasteiger charge is 1.98. The zero-order chi connectivity index (χ0) is 7.68. The summed E-state index contributed by atoms with van der Waals surface area (Å²) in [6.45, 7) is 0. The summed E-state index contributed by atoms with van der Waals surface area (Å²) in [5.41, 5.74) is 2.06. The van der Waals surface area contributed by atoms with Gasteiger partial charge < -0.3 is 4.98 Å². The Morgan fingerprint density at radius 3 is 2.54 bits per heavy atom. The molecule has 0 radical (unpaired) electrons. The zero-order valence-electron chi connectivity index (χ0n) is 6.97. The maximum absolute atomic E-state index is 4.04. The van der Waals surface area contributed by atoms with E-state index in [1.807, 2.05) is 13.2 Å². The highest BCUT2D eigenvalue weighted by Crippen LogP contribution is 2.12. The van der Waals surface area contributed by atoms with E-state index in [1.54, 1.807) is 23.4 Å². The van der Waals surface area contributed by atoms with Gasteiger partial charge in [-0.25, -0.2) is 4.98 Å². The number of hydrogen-bond donors (Lipinski definition) is 1. The van der Waals surface area contributed by atoms with Crippen molar-refractivity contribution in [2.45, 2.75) is 0 Å². The monoisotopic (exact) mass is 220 g/mol. The normalized spacial score (nSPS) is 8.69. The van der Waals surface area contributed by atoms with Gasteiger partial charge in [0.15, 0.2) is 0 Å². The van der Waals surface area contributed by atoms with Crippen LogP contribution in [0.3, 0.4) is 0 Å². The van der Waals surface area contributed by atoms with E-state index in [0.29, 0.717) is 0 Å². The van der Waals surface area contributed by atoms with E-state index < -0.39 is 0 Å². The number of halogens is 2. The van der Waals surface area contributed by atoms with Crippen molar-refractivity contribution in [3.8, 4) is 11.3 Å². The van der Waals surface area contributed by atoms with Crippen LogP contribution in [-0.4, -0.2) is 19.7 Å². The van der Waals surface area contributed by atoms with Gasteiger partial charge in [0.05, 0.1) is 24.4 Å². The summed E-state index contributed by atoms with van der Waals surface area (Å²) < 4.78 is 1.76. The van der Waals surface area contributed by atoms with E-state index in [2.05, 4.69) is 15.1 Å². The number of hydrogen-bond acceptors (Lipinski definition) is 2. The van der Waals surface area contributed by atoms with E-state index in [1.165, 1.54) is 0 Å². The predicted octanol–water partition coefficient (Wildman–Crippen LogP) is 1.65. The summed E-state index contributed by atoms with van der Waals surface area (Å²) in [5, 5.41) is 4.04. The smallest absolute Gasteiger partial charge is 0.0924 e. The third-order valence-corrected chi connectivity index (χ3v) is 1.51. The van der Waals surface area contributed by atoms with Crippen molar-refractivity contribution in [1.82, 2.24) is 19.7 Å². The molecule has 0 spiro atoms. The Morgan fingerprint density at radius 2 is 2.08 bits per heavy atom. The molecule has 72 valence electrons. The van der Waals surface area contributed by atoms with Gasteiger partial charge in [-0.2, -0.15) is 5.10 Å². The third kappa shape index (κ3) is 2.47. The summed E-state index contributed by atoms with van der Waals surface area (Å²) in [6.07, 6.45) is 7.17. The molecule has 0 aliphatic carbocycles. The molecular weight excluding hydrogens is 211 g/mol. The van der Waals surface area contributed by atoms with Crippen LogP contribution in [0.2, 0.25) is 0 Å². The second kappa shape index (κ2) is 4.89. The quantitative estimate of drug-likeness (QED) is 0.795. The first-order chi connectivity index (χ1) is 5.36. The van der Waals surface area contributed by atoms with Crippen molar-refractivity contribution in [3.05, 3.63) is 24.9 Å². The highest BCUT2D eigenvalue weighted by molar-refractivity contribution is 5.85. The average molecular weight is 221 g/mol. The van der Waals surface area contributed by atoms with E-state index in [4.69, 9.17) is 0 Å². The number of aromatic amines is 1. The Balaban J connectivity index is 0.000000720. The van der Waals surface area contributed by atoms with Crippen LogP contribution in [0.15, 0.2) is 24.9 Å². The van der Waals surface area contributed by atoms with Gasteiger partial charge in [0.1, 0.15) is 0 Å². The number of nitrogens with one attached hydrogen (secondary N) is 1. The molecule has 2 heterocycles. The molecular formula is C7H10Cl2N4. The predicted molar refractivity (Wildman–Crippen MR) is 55.3 cm³/mol. The van der Waals surface area contributed by atoms with Gasteiger partial charge in [-0.1, -0.05) is 0 Å². The molecule has 0 unspecified atom stereocenters. The Hall–Kier alpha value is -1.00. The molecule has 2 aromatic heterocycles. The summed E-state index contributed by atoms with van der Waals surface area (Å²) >= 11 is 0. The van der Waals surface area contributed by atoms with E-state index in [-0.39, 0.29) is 24.8 Å². The fraction of sp³-hybridized carbons (Fsp3) is 0.143. The number of nitrogens with zero attached hydrogens (tertiary/aromatic N) is 3. The number of rotatable bonds is 1. The van der Waals surface area contributed by atoms with Crippen LogP contribution in [0.4, 0.5) is 0 Å². The molecule has 0 aliphatic heterocycles. The molecule has 0 fully saturated rings. The summed E-state index contributed by atoms with van der Waals surface area (Å²) in [4.78, 5) is 6.92. The minimum Gasteiger partial charge on any atom is -0.345 e. The standard InChI is InChI=1S/C7H8N4.2ClH/c1-11-4-6(2-10-11)7-3-8-5-9-7;;/h2-5H,1H3,(H,8,9);2*1H. The molecule has 2 rings (SSSR count). The Kier molecular flexibility index (Phi) is 4.51. The van der Waals surface area contributed by atoms with Crippen LogP contribution < -0.4 is 0 Å². The SMILES string of the molecule is Cl.Cl.Cn1cc(-c2cnc[nH]2)cn1. The summed E-state index contributed by atoms with van der Waals surface area (Å²) in [6, 6.07) is 0. The van der Waals surface area contributed by atoms with E-state index in [0.717, 1.165) is 11.3 Å². The maximum Gasteiger partial charge on any atom is 0.0924 e. The fourth-order valence-corrected chi connectivity index (χ4v) is 0.974. The molecule has 2 aromatic rings. The van der Waals surface area contributed by atoms with Gasteiger partial charge in [-0.15, -0.1) is 24.8 Å². The summed E-state index contributed by atoms with van der Waals surface area (Å²) in [7, 11) is 1.89. The van der Waals surface area contributed by atoms with Gasteiger partial charge >= 0.3 is 0 Å². The first kappa shape index (κ1) is 12.0. The molecule has 6 heteroatoms. The Bertz CT molecular complexity index is 341. The molecule has 1 N–H and O–H groups in total.